The highest BCUT2D eigenvalue weighted by atomic mass is 14.8. The maximum Gasteiger partial charge on any atom is 0.0900 e. The number of benzene rings is 2. The molecule has 0 atom stereocenters. The van der Waals surface area contributed by atoms with Crippen molar-refractivity contribution in [2.75, 3.05) is 0 Å². The Morgan fingerprint density at radius 1 is 0.280 bits per heavy atom. The van der Waals surface area contributed by atoms with Gasteiger partial charge in [-0.1, -0.05) is 83.9 Å². The van der Waals surface area contributed by atoms with E-state index in [4.69, 9.17) is 9.97 Å². The maximum absolute atomic E-state index is 4.79. The quantitative estimate of drug-likeness (QED) is 0.179. The molecule has 50 heavy (non-hydrogen) atoms. The van der Waals surface area contributed by atoms with Crippen LogP contribution in [0.25, 0.3) is 67.8 Å². The standard InChI is InChI=1S/2C22H17N3/c2*1-16-8-10-17(11-9-16)18-14-21(19-6-2-4-12-23-19)25-22(15-18)20-7-3-5-13-24-20/h2*2-15H,1H3. The number of rotatable bonds is 6. The summed E-state index contributed by atoms with van der Waals surface area (Å²) in [6, 6.07) is 48.8. The molecule has 6 heterocycles. The highest BCUT2D eigenvalue weighted by Gasteiger charge is 2.11. The minimum Gasteiger partial charge on any atom is -0.255 e. The van der Waals surface area contributed by atoms with Crippen LogP contribution >= 0.6 is 0 Å². The minimum absolute atomic E-state index is 0.847. The predicted octanol–water partition coefficient (Wildman–Crippen LogP) is 10.4. The molecule has 6 nitrogen and oxygen atoms in total. The van der Waals surface area contributed by atoms with Gasteiger partial charge >= 0.3 is 0 Å². The van der Waals surface area contributed by atoms with E-state index < -0.39 is 0 Å². The lowest BCUT2D eigenvalue weighted by molar-refractivity contribution is 1.22. The smallest absolute Gasteiger partial charge is 0.0900 e. The molecule has 6 heteroatoms. The van der Waals surface area contributed by atoms with Gasteiger partial charge in [0, 0.05) is 24.8 Å². The largest absolute Gasteiger partial charge is 0.255 e. The highest BCUT2D eigenvalue weighted by molar-refractivity contribution is 5.76. The van der Waals surface area contributed by atoms with E-state index in [1.165, 1.54) is 11.1 Å². The number of hydrogen-bond acceptors (Lipinski definition) is 6. The normalized spacial score (nSPS) is 10.6. The maximum atomic E-state index is 4.79. The van der Waals surface area contributed by atoms with Crippen molar-refractivity contribution in [3.63, 3.8) is 0 Å². The second-order valence-electron chi connectivity index (χ2n) is 11.8. The Morgan fingerprint density at radius 3 is 0.800 bits per heavy atom. The van der Waals surface area contributed by atoms with E-state index in [9.17, 15) is 0 Å². The average Bonchev–Trinajstić information content (AvgIpc) is 3.20. The van der Waals surface area contributed by atoms with E-state index in [1.54, 1.807) is 24.8 Å². The second-order valence-corrected chi connectivity index (χ2v) is 11.8. The molecule has 0 saturated carbocycles. The number of pyridine rings is 6. The van der Waals surface area contributed by atoms with E-state index in [0.29, 0.717) is 0 Å². The van der Waals surface area contributed by atoms with Crippen molar-refractivity contribution in [2.24, 2.45) is 0 Å². The second kappa shape index (κ2) is 15.0. The fourth-order valence-corrected chi connectivity index (χ4v) is 5.47. The van der Waals surface area contributed by atoms with Gasteiger partial charge in [0.1, 0.15) is 0 Å². The molecule has 6 aromatic heterocycles. The molecule has 0 radical (unpaired) electrons. The Hall–Kier alpha value is -6.66. The first-order valence-corrected chi connectivity index (χ1v) is 16.4. The zero-order chi connectivity index (χ0) is 34.1. The van der Waals surface area contributed by atoms with Crippen molar-refractivity contribution in [3.05, 3.63) is 182 Å². The van der Waals surface area contributed by atoms with Crippen molar-refractivity contribution >= 4 is 0 Å². The molecule has 0 aliphatic carbocycles. The lowest BCUT2D eigenvalue weighted by Crippen LogP contribution is -1.93. The van der Waals surface area contributed by atoms with Gasteiger partial charge in [0.25, 0.3) is 0 Å². The van der Waals surface area contributed by atoms with Crippen LogP contribution in [0.5, 0.6) is 0 Å². The summed E-state index contributed by atoms with van der Waals surface area (Å²) in [7, 11) is 0. The Morgan fingerprint density at radius 2 is 0.560 bits per heavy atom. The molecule has 8 aromatic rings. The summed E-state index contributed by atoms with van der Waals surface area (Å²) in [4.78, 5) is 27.4. The van der Waals surface area contributed by atoms with Gasteiger partial charge < -0.3 is 0 Å². The van der Waals surface area contributed by atoms with Crippen molar-refractivity contribution in [1.29, 1.82) is 0 Å². The van der Waals surface area contributed by atoms with Gasteiger partial charge in [-0.3, -0.25) is 19.9 Å². The fraction of sp³-hybridized carbons (Fsp3) is 0.0455. The molecule has 0 unspecified atom stereocenters. The molecule has 0 saturated heterocycles. The Balaban J connectivity index is 0.000000157. The molecule has 0 spiro atoms. The summed E-state index contributed by atoms with van der Waals surface area (Å²) in [6.45, 7) is 4.18. The van der Waals surface area contributed by atoms with Crippen molar-refractivity contribution in [3.8, 4) is 67.8 Å². The molecule has 0 aliphatic heterocycles. The van der Waals surface area contributed by atoms with Crippen molar-refractivity contribution in [2.45, 2.75) is 13.8 Å². The van der Waals surface area contributed by atoms with Crippen LogP contribution in [-0.4, -0.2) is 29.9 Å². The Bertz CT molecular complexity index is 2010. The zero-order valence-corrected chi connectivity index (χ0v) is 27.8. The first kappa shape index (κ1) is 31.9. The van der Waals surface area contributed by atoms with Crippen molar-refractivity contribution in [1.82, 2.24) is 29.9 Å². The summed E-state index contributed by atoms with van der Waals surface area (Å²) in [6.07, 6.45) is 7.15. The lowest BCUT2D eigenvalue weighted by Gasteiger charge is -2.09. The number of nitrogens with zero attached hydrogens (tertiary/aromatic N) is 6. The monoisotopic (exact) mass is 646 g/mol. The molecule has 0 fully saturated rings. The van der Waals surface area contributed by atoms with Crippen LogP contribution in [0, 0.1) is 13.8 Å². The Labute approximate surface area is 292 Å². The molecule has 240 valence electrons. The third-order valence-electron chi connectivity index (χ3n) is 8.13. The van der Waals surface area contributed by atoms with Gasteiger partial charge in [-0.2, -0.15) is 0 Å². The van der Waals surface area contributed by atoms with Crippen LogP contribution in [-0.2, 0) is 0 Å². The molecule has 0 N–H and O–H groups in total. The van der Waals surface area contributed by atoms with Crippen LogP contribution < -0.4 is 0 Å². The van der Waals surface area contributed by atoms with E-state index >= 15 is 0 Å². The summed E-state index contributed by atoms with van der Waals surface area (Å²) >= 11 is 0. The summed E-state index contributed by atoms with van der Waals surface area (Å²) in [5.41, 5.74) is 13.8. The molecule has 0 aliphatic rings. The summed E-state index contributed by atoms with van der Waals surface area (Å²) in [5, 5.41) is 0. The van der Waals surface area contributed by atoms with E-state index in [2.05, 4.69) is 107 Å². The number of aryl methyl sites for hydroxylation is 2. The number of hydrogen-bond donors (Lipinski definition) is 0. The van der Waals surface area contributed by atoms with E-state index in [1.807, 2.05) is 72.8 Å². The van der Waals surface area contributed by atoms with Crippen LogP contribution in [0.4, 0.5) is 0 Å². The van der Waals surface area contributed by atoms with Gasteiger partial charge in [-0.25, -0.2) is 9.97 Å². The first-order chi connectivity index (χ1) is 24.6. The van der Waals surface area contributed by atoms with Crippen LogP contribution in [0.2, 0.25) is 0 Å². The molecule has 0 amide bonds. The van der Waals surface area contributed by atoms with Crippen molar-refractivity contribution < 1.29 is 0 Å². The third-order valence-corrected chi connectivity index (χ3v) is 8.13. The lowest BCUT2D eigenvalue weighted by atomic mass is 10.0. The van der Waals surface area contributed by atoms with Gasteiger partial charge in [-0.15, -0.1) is 0 Å². The highest BCUT2D eigenvalue weighted by Crippen LogP contribution is 2.30. The van der Waals surface area contributed by atoms with Gasteiger partial charge in [0.15, 0.2) is 0 Å². The van der Waals surface area contributed by atoms with Gasteiger partial charge in [-0.05, 0) is 109 Å². The first-order valence-electron chi connectivity index (χ1n) is 16.4. The van der Waals surface area contributed by atoms with Crippen LogP contribution in [0.3, 0.4) is 0 Å². The van der Waals surface area contributed by atoms with Gasteiger partial charge in [0.2, 0.25) is 0 Å². The fourth-order valence-electron chi connectivity index (χ4n) is 5.47. The SMILES string of the molecule is Cc1ccc(-c2cc(-c3ccccn3)nc(-c3ccccn3)c2)cc1.Cc1ccc(-c2cc(-c3ccccn3)nc(-c3ccccn3)c2)cc1. The molecular formula is C44H34N6. The minimum atomic E-state index is 0.847. The number of aromatic nitrogens is 6. The molecular weight excluding hydrogens is 613 g/mol. The van der Waals surface area contributed by atoms with Crippen LogP contribution in [0.1, 0.15) is 11.1 Å². The van der Waals surface area contributed by atoms with E-state index in [-0.39, 0.29) is 0 Å². The average molecular weight is 647 g/mol. The molecule has 2 aromatic carbocycles. The predicted molar refractivity (Wildman–Crippen MR) is 202 cm³/mol. The van der Waals surface area contributed by atoms with E-state index in [0.717, 1.165) is 67.8 Å². The van der Waals surface area contributed by atoms with Gasteiger partial charge in [0.05, 0.1) is 45.6 Å². The third kappa shape index (κ3) is 7.72. The zero-order valence-electron chi connectivity index (χ0n) is 27.8. The summed E-state index contributed by atoms with van der Waals surface area (Å²) < 4.78 is 0. The molecule has 8 rings (SSSR count). The summed E-state index contributed by atoms with van der Waals surface area (Å²) in [5.74, 6) is 0. The topological polar surface area (TPSA) is 77.3 Å². The van der Waals surface area contributed by atoms with Crippen LogP contribution in [0.15, 0.2) is 170 Å². The Kier molecular flexibility index (Phi) is 9.61. The molecule has 0 bridgehead atoms.